The van der Waals surface area contributed by atoms with Crippen molar-refractivity contribution in [3.8, 4) is 0 Å². The molecule has 124 valence electrons. The van der Waals surface area contributed by atoms with Gasteiger partial charge in [-0.05, 0) is 24.6 Å². The van der Waals surface area contributed by atoms with Crippen molar-refractivity contribution in [3.63, 3.8) is 0 Å². The maximum Gasteiger partial charge on any atom is 0.191 e. The highest BCUT2D eigenvalue weighted by Crippen LogP contribution is 2.20. The summed E-state index contributed by atoms with van der Waals surface area (Å²) in [7, 11) is 1.64. The van der Waals surface area contributed by atoms with Crippen molar-refractivity contribution in [2.24, 2.45) is 4.99 Å². The summed E-state index contributed by atoms with van der Waals surface area (Å²) in [6.07, 6.45) is 2.74. The Kier molecular flexibility index (Phi) is 7.28. The maximum atomic E-state index is 13.5. The molecular formula is C15H18F2N4S2. The lowest BCUT2D eigenvalue weighted by Crippen LogP contribution is -2.37. The highest BCUT2D eigenvalue weighted by atomic mass is 32.2. The van der Waals surface area contributed by atoms with Gasteiger partial charge in [0.2, 0.25) is 0 Å². The monoisotopic (exact) mass is 356 g/mol. The van der Waals surface area contributed by atoms with Gasteiger partial charge in [-0.25, -0.2) is 13.8 Å². The number of thiazole rings is 1. The van der Waals surface area contributed by atoms with Crippen molar-refractivity contribution < 1.29 is 8.78 Å². The van der Waals surface area contributed by atoms with Crippen molar-refractivity contribution in [2.75, 3.05) is 19.3 Å². The Morgan fingerprint density at radius 2 is 2.22 bits per heavy atom. The van der Waals surface area contributed by atoms with Crippen molar-refractivity contribution in [3.05, 3.63) is 47.0 Å². The van der Waals surface area contributed by atoms with E-state index >= 15 is 0 Å². The molecule has 4 nitrogen and oxygen atoms in total. The second-order valence-electron chi connectivity index (χ2n) is 4.59. The Bertz CT molecular complexity index is 632. The molecule has 2 aromatic rings. The van der Waals surface area contributed by atoms with Crippen LogP contribution in [0.1, 0.15) is 12.0 Å². The Morgan fingerprint density at radius 3 is 2.96 bits per heavy atom. The lowest BCUT2D eigenvalue weighted by molar-refractivity contribution is 0.581. The molecule has 1 aromatic carbocycles. The van der Waals surface area contributed by atoms with E-state index in [1.54, 1.807) is 36.3 Å². The molecule has 0 saturated carbocycles. The van der Waals surface area contributed by atoms with Crippen LogP contribution in [0.3, 0.4) is 0 Å². The quantitative estimate of drug-likeness (QED) is 0.346. The second kappa shape index (κ2) is 9.46. The molecule has 0 amide bonds. The summed E-state index contributed by atoms with van der Waals surface area (Å²) >= 11 is 3.35. The number of hydrogen-bond donors (Lipinski definition) is 2. The second-order valence-corrected chi connectivity index (χ2v) is 6.82. The molecule has 0 fully saturated rings. The van der Waals surface area contributed by atoms with Crippen molar-refractivity contribution in [1.82, 2.24) is 15.6 Å². The molecule has 0 bridgehead atoms. The zero-order chi connectivity index (χ0) is 16.5. The number of halogens is 2. The third kappa shape index (κ3) is 6.15. The van der Waals surface area contributed by atoms with E-state index in [0.717, 1.165) is 35.2 Å². The normalized spacial score (nSPS) is 11.5. The van der Waals surface area contributed by atoms with Crippen LogP contribution < -0.4 is 10.6 Å². The highest BCUT2D eigenvalue weighted by molar-refractivity contribution is 8.00. The molecule has 0 atom stereocenters. The van der Waals surface area contributed by atoms with Gasteiger partial charge < -0.3 is 10.6 Å². The molecule has 0 spiro atoms. The van der Waals surface area contributed by atoms with Crippen LogP contribution in [0.15, 0.2) is 39.1 Å². The number of benzene rings is 1. The number of hydrogen-bond acceptors (Lipinski definition) is 4. The molecule has 0 unspecified atom stereocenters. The SMILES string of the molecule is CN=C(NCCCSc1nccs1)NCc1cc(F)ccc1F. The van der Waals surface area contributed by atoms with Gasteiger partial charge in [0.25, 0.3) is 0 Å². The number of aromatic nitrogens is 1. The van der Waals surface area contributed by atoms with Crippen molar-refractivity contribution in [1.29, 1.82) is 0 Å². The third-order valence-corrected chi connectivity index (χ3v) is 4.98. The van der Waals surface area contributed by atoms with Crippen molar-refractivity contribution >= 4 is 29.1 Å². The molecule has 0 aliphatic carbocycles. The van der Waals surface area contributed by atoms with Crippen LogP contribution in [0.25, 0.3) is 0 Å². The predicted molar refractivity (Wildman–Crippen MR) is 92.0 cm³/mol. The van der Waals surface area contributed by atoms with Gasteiger partial charge in [-0.2, -0.15) is 0 Å². The fraction of sp³-hybridized carbons (Fsp3) is 0.333. The predicted octanol–water partition coefficient (Wildman–Crippen LogP) is 3.27. The highest BCUT2D eigenvalue weighted by Gasteiger charge is 2.05. The Balaban J connectivity index is 1.68. The van der Waals surface area contributed by atoms with E-state index < -0.39 is 11.6 Å². The van der Waals surface area contributed by atoms with Crippen LogP contribution in [0.5, 0.6) is 0 Å². The summed E-state index contributed by atoms with van der Waals surface area (Å²) in [4.78, 5) is 8.27. The van der Waals surface area contributed by atoms with Gasteiger partial charge >= 0.3 is 0 Å². The van der Waals surface area contributed by atoms with Gasteiger partial charge in [-0.1, -0.05) is 11.8 Å². The molecule has 2 rings (SSSR count). The topological polar surface area (TPSA) is 49.3 Å². The van der Waals surface area contributed by atoms with Crippen LogP contribution >= 0.6 is 23.1 Å². The minimum Gasteiger partial charge on any atom is -0.356 e. The standard InChI is InChI=1S/C15H18F2N4S2/c1-18-14(19-5-2-7-22-15-20-6-8-23-15)21-10-11-9-12(16)3-4-13(11)17/h3-4,6,8-9H,2,5,7,10H2,1H3,(H2,18,19,21). The molecular weight excluding hydrogens is 338 g/mol. The summed E-state index contributed by atoms with van der Waals surface area (Å²) in [6, 6.07) is 3.41. The van der Waals surface area contributed by atoms with E-state index in [1.165, 1.54) is 6.07 Å². The van der Waals surface area contributed by atoms with Gasteiger partial charge in [0.15, 0.2) is 5.96 Å². The number of rotatable bonds is 7. The first-order valence-electron chi connectivity index (χ1n) is 7.10. The average molecular weight is 356 g/mol. The van der Waals surface area contributed by atoms with Crippen molar-refractivity contribution in [2.45, 2.75) is 17.3 Å². The first-order chi connectivity index (χ1) is 11.2. The fourth-order valence-electron chi connectivity index (χ4n) is 1.80. The average Bonchev–Trinajstić information content (AvgIpc) is 3.06. The van der Waals surface area contributed by atoms with E-state index in [2.05, 4.69) is 20.6 Å². The Labute approximate surface area is 142 Å². The van der Waals surface area contributed by atoms with Crippen LogP contribution in [-0.2, 0) is 6.54 Å². The zero-order valence-electron chi connectivity index (χ0n) is 12.7. The lowest BCUT2D eigenvalue weighted by Gasteiger charge is -2.12. The van der Waals surface area contributed by atoms with Crippen LogP contribution in [0.4, 0.5) is 8.78 Å². The minimum absolute atomic E-state index is 0.178. The number of aliphatic imine (C=N–C) groups is 1. The van der Waals surface area contributed by atoms with E-state index in [1.807, 2.05) is 5.38 Å². The molecule has 1 aromatic heterocycles. The molecule has 0 aliphatic rings. The number of nitrogens with one attached hydrogen (secondary N) is 2. The molecule has 0 radical (unpaired) electrons. The fourth-order valence-corrected chi connectivity index (χ4v) is 3.45. The van der Waals surface area contributed by atoms with Crippen LogP contribution in [0.2, 0.25) is 0 Å². The molecule has 1 heterocycles. The number of thioether (sulfide) groups is 1. The van der Waals surface area contributed by atoms with E-state index in [-0.39, 0.29) is 12.1 Å². The van der Waals surface area contributed by atoms with Gasteiger partial charge in [0.1, 0.15) is 16.0 Å². The van der Waals surface area contributed by atoms with Gasteiger partial charge in [-0.3, -0.25) is 4.99 Å². The summed E-state index contributed by atoms with van der Waals surface area (Å²) in [6.45, 7) is 0.917. The number of guanidine groups is 1. The first-order valence-corrected chi connectivity index (χ1v) is 8.96. The first kappa shape index (κ1) is 17.7. The maximum absolute atomic E-state index is 13.5. The van der Waals surface area contributed by atoms with Gasteiger partial charge in [-0.15, -0.1) is 11.3 Å². The number of nitrogens with zero attached hydrogens (tertiary/aromatic N) is 2. The Morgan fingerprint density at radius 1 is 1.35 bits per heavy atom. The Hall–Kier alpha value is -1.67. The molecule has 0 aliphatic heterocycles. The lowest BCUT2D eigenvalue weighted by atomic mass is 10.2. The molecule has 2 N–H and O–H groups in total. The van der Waals surface area contributed by atoms with Crippen LogP contribution in [-0.4, -0.2) is 30.3 Å². The third-order valence-electron chi connectivity index (χ3n) is 2.93. The van der Waals surface area contributed by atoms with Crippen LogP contribution in [0, 0.1) is 11.6 Å². The van der Waals surface area contributed by atoms with E-state index in [9.17, 15) is 8.78 Å². The smallest absolute Gasteiger partial charge is 0.191 e. The summed E-state index contributed by atoms with van der Waals surface area (Å²) in [5, 5.41) is 8.08. The molecule has 0 saturated heterocycles. The van der Waals surface area contributed by atoms with E-state index in [0.29, 0.717) is 5.96 Å². The molecule has 23 heavy (non-hydrogen) atoms. The van der Waals surface area contributed by atoms with E-state index in [4.69, 9.17) is 0 Å². The van der Waals surface area contributed by atoms with Gasteiger partial charge in [0, 0.05) is 43.0 Å². The minimum atomic E-state index is -0.453. The largest absolute Gasteiger partial charge is 0.356 e. The summed E-state index contributed by atoms with van der Waals surface area (Å²) < 4.78 is 27.7. The zero-order valence-corrected chi connectivity index (χ0v) is 14.3. The van der Waals surface area contributed by atoms with Gasteiger partial charge in [0.05, 0.1) is 0 Å². The summed E-state index contributed by atoms with van der Waals surface area (Å²) in [5.74, 6) is 0.628. The molecule has 8 heteroatoms. The summed E-state index contributed by atoms with van der Waals surface area (Å²) in [5.41, 5.74) is 0.271.